The molecule has 0 saturated carbocycles. The van der Waals surface area contributed by atoms with Crippen molar-refractivity contribution in [3.8, 4) is 0 Å². The van der Waals surface area contributed by atoms with Crippen molar-refractivity contribution in [2.45, 2.75) is 46.6 Å². The molecule has 152 valence electrons. The minimum absolute atomic E-state index is 0.0482. The summed E-state index contributed by atoms with van der Waals surface area (Å²) in [5.74, 6) is -0.940. The molecule has 6 nitrogen and oxygen atoms in total. The minimum atomic E-state index is -0.959. The van der Waals surface area contributed by atoms with Gasteiger partial charge in [-0.2, -0.15) is 0 Å². The van der Waals surface area contributed by atoms with Crippen LogP contribution in [0.15, 0.2) is 36.4 Å². The van der Waals surface area contributed by atoms with Crippen molar-refractivity contribution >= 4 is 29.2 Å². The maximum absolute atomic E-state index is 12.5. The van der Waals surface area contributed by atoms with Gasteiger partial charge in [0.1, 0.15) is 0 Å². The van der Waals surface area contributed by atoms with Crippen LogP contribution < -0.4 is 10.2 Å². The van der Waals surface area contributed by atoms with Crippen LogP contribution in [0.25, 0.3) is 0 Å². The number of nitrogens with one attached hydrogen (secondary N) is 1. The van der Waals surface area contributed by atoms with E-state index < -0.39 is 12.1 Å². The molecule has 1 aliphatic heterocycles. The third kappa shape index (κ3) is 4.65. The van der Waals surface area contributed by atoms with E-state index in [4.69, 9.17) is 4.74 Å². The molecule has 0 spiro atoms. The Morgan fingerprint density at radius 3 is 2.41 bits per heavy atom. The Balaban J connectivity index is 1.67. The van der Waals surface area contributed by atoms with Crippen molar-refractivity contribution in [1.82, 2.24) is 0 Å². The van der Waals surface area contributed by atoms with Crippen molar-refractivity contribution in [1.29, 1.82) is 0 Å². The first-order valence-corrected chi connectivity index (χ1v) is 9.76. The van der Waals surface area contributed by atoms with Gasteiger partial charge in [0.25, 0.3) is 5.91 Å². The van der Waals surface area contributed by atoms with Crippen LogP contribution in [0, 0.1) is 20.8 Å². The predicted octanol–water partition coefficient (Wildman–Crippen LogP) is 3.92. The standard InChI is InChI=1S/C23H26N2O4/c1-14-11-15(2)21(16(3)12-14)24-22(27)17(4)29-23(28)18-7-5-8-19(13-18)25-10-6-9-20(25)26/h5,7-8,11-13,17H,6,9-10H2,1-4H3,(H,24,27)/t17-/m1/s1. The topological polar surface area (TPSA) is 75.7 Å². The average molecular weight is 394 g/mol. The first-order valence-electron chi connectivity index (χ1n) is 9.76. The van der Waals surface area contributed by atoms with Crippen molar-refractivity contribution in [3.05, 3.63) is 58.7 Å². The number of nitrogens with zero attached hydrogens (tertiary/aromatic N) is 1. The third-order valence-corrected chi connectivity index (χ3v) is 5.05. The molecule has 6 heteroatoms. The highest BCUT2D eigenvalue weighted by Crippen LogP contribution is 2.24. The fourth-order valence-corrected chi connectivity index (χ4v) is 3.61. The molecule has 0 aliphatic carbocycles. The summed E-state index contributed by atoms with van der Waals surface area (Å²) in [6.45, 7) is 8.04. The lowest BCUT2D eigenvalue weighted by Gasteiger charge is -2.18. The Kier molecular flexibility index (Phi) is 6.01. The minimum Gasteiger partial charge on any atom is -0.449 e. The molecular weight excluding hydrogens is 368 g/mol. The molecule has 1 N–H and O–H groups in total. The van der Waals surface area contributed by atoms with E-state index in [1.165, 1.54) is 0 Å². The smallest absolute Gasteiger partial charge is 0.338 e. The number of aryl methyl sites for hydroxylation is 3. The number of carbonyl (C=O) groups is 3. The average Bonchev–Trinajstić information content (AvgIpc) is 3.10. The van der Waals surface area contributed by atoms with Gasteiger partial charge >= 0.3 is 5.97 Å². The zero-order chi connectivity index (χ0) is 21.1. The van der Waals surface area contributed by atoms with Crippen molar-refractivity contribution in [2.75, 3.05) is 16.8 Å². The van der Waals surface area contributed by atoms with Crippen LogP contribution in [0.3, 0.4) is 0 Å². The van der Waals surface area contributed by atoms with E-state index in [1.807, 2.05) is 32.9 Å². The number of hydrogen-bond acceptors (Lipinski definition) is 4. The number of rotatable bonds is 5. The van der Waals surface area contributed by atoms with Crippen LogP contribution in [0.1, 0.15) is 46.8 Å². The van der Waals surface area contributed by atoms with Gasteiger partial charge in [-0.3, -0.25) is 9.59 Å². The number of carbonyl (C=O) groups excluding carboxylic acids is 3. The molecule has 1 heterocycles. The van der Waals surface area contributed by atoms with Gasteiger partial charge < -0.3 is 15.0 Å². The summed E-state index contributed by atoms with van der Waals surface area (Å²) < 4.78 is 5.36. The summed E-state index contributed by atoms with van der Waals surface area (Å²) in [5, 5.41) is 2.86. The molecule has 0 aromatic heterocycles. The Morgan fingerprint density at radius 2 is 1.79 bits per heavy atom. The van der Waals surface area contributed by atoms with E-state index in [9.17, 15) is 14.4 Å². The highest BCUT2D eigenvalue weighted by Gasteiger charge is 2.24. The molecule has 1 saturated heterocycles. The zero-order valence-electron chi connectivity index (χ0n) is 17.2. The second kappa shape index (κ2) is 8.47. The van der Waals surface area contributed by atoms with E-state index in [1.54, 1.807) is 36.1 Å². The molecule has 29 heavy (non-hydrogen) atoms. The van der Waals surface area contributed by atoms with Gasteiger partial charge in [-0.05, 0) is 63.4 Å². The lowest BCUT2D eigenvalue weighted by atomic mass is 10.0. The quantitative estimate of drug-likeness (QED) is 0.780. The van der Waals surface area contributed by atoms with Crippen molar-refractivity contribution in [2.24, 2.45) is 0 Å². The van der Waals surface area contributed by atoms with Gasteiger partial charge in [0.05, 0.1) is 5.56 Å². The van der Waals surface area contributed by atoms with Gasteiger partial charge in [-0.25, -0.2) is 4.79 Å². The number of esters is 1. The summed E-state index contributed by atoms with van der Waals surface area (Å²) in [4.78, 5) is 38.7. The molecule has 2 aromatic rings. The van der Waals surface area contributed by atoms with Crippen molar-refractivity contribution in [3.63, 3.8) is 0 Å². The molecule has 1 atom stereocenters. The summed E-state index contributed by atoms with van der Waals surface area (Å²) in [6.07, 6.45) is 0.367. The summed E-state index contributed by atoms with van der Waals surface area (Å²) >= 11 is 0. The number of benzene rings is 2. The second-order valence-corrected chi connectivity index (χ2v) is 7.51. The van der Waals surface area contributed by atoms with Crippen LogP contribution in [-0.2, 0) is 14.3 Å². The van der Waals surface area contributed by atoms with Gasteiger partial charge in [0.2, 0.25) is 5.91 Å². The summed E-state index contributed by atoms with van der Waals surface area (Å²) in [5.41, 5.74) is 4.75. The highest BCUT2D eigenvalue weighted by atomic mass is 16.5. The number of hydrogen-bond donors (Lipinski definition) is 1. The van der Waals surface area contributed by atoms with E-state index in [0.717, 1.165) is 28.8 Å². The van der Waals surface area contributed by atoms with Gasteiger partial charge in [-0.1, -0.05) is 23.8 Å². The molecular formula is C23H26N2O4. The number of amides is 2. The van der Waals surface area contributed by atoms with Gasteiger partial charge in [0, 0.05) is 24.3 Å². The van der Waals surface area contributed by atoms with Gasteiger partial charge in [0.15, 0.2) is 6.10 Å². The lowest BCUT2D eigenvalue weighted by molar-refractivity contribution is -0.123. The SMILES string of the molecule is Cc1cc(C)c(NC(=O)[C@@H](C)OC(=O)c2cccc(N3CCCC3=O)c2)c(C)c1. The second-order valence-electron chi connectivity index (χ2n) is 7.51. The van der Waals surface area contributed by atoms with Gasteiger partial charge in [-0.15, -0.1) is 0 Å². The molecule has 3 rings (SSSR count). The van der Waals surface area contributed by atoms with Crippen LogP contribution in [0.2, 0.25) is 0 Å². The van der Waals surface area contributed by atoms with E-state index in [0.29, 0.717) is 24.2 Å². The summed E-state index contributed by atoms with van der Waals surface area (Å²) in [7, 11) is 0. The molecule has 0 bridgehead atoms. The van der Waals surface area contributed by atoms with E-state index >= 15 is 0 Å². The molecule has 0 unspecified atom stereocenters. The first kappa shape index (κ1) is 20.6. The Hall–Kier alpha value is -3.15. The molecule has 1 aliphatic rings. The van der Waals surface area contributed by atoms with E-state index in [2.05, 4.69) is 5.32 Å². The molecule has 1 fully saturated rings. The monoisotopic (exact) mass is 394 g/mol. The highest BCUT2D eigenvalue weighted by molar-refractivity contribution is 6.00. The number of anilines is 2. The van der Waals surface area contributed by atoms with Crippen LogP contribution in [-0.4, -0.2) is 30.4 Å². The fraction of sp³-hybridized carbons (Fsp3) is 0.348. The van der Waals surface area contributed by atoms with E-state index in [-0.39, 0.29) is 11.8 Å². The molecule has 0 radical (unpaired) electrons. The fourth-order valence-electron chi connectivity index (χ4n) is 3.61. The Labute approximate surface area is 170 Å². The zero-order valence-corrected chi connectivity index (χ0v) is 17.2. The largest absolute Gasteiger partial charge is 0.449 e. The maximum atomic E-state index is 12.5. The van der Waals surface area contributed by atoms with Crippen molar-refractivity contribution < 1.29 is 19.1 Å². The number of ether oxygens (including phenoxy) is 1. The van der Waals surface area contributed by atoms with Crippen LogP contribution >= 0.6 is 0 Å². The van der Waals surface area contributed by atoms with Crippen LogP contribution in [0.4, 0.5) is 11.4 Å². The third-order valence-electron chi connectivity index (χ3n) is 5.05. The molecule has 2 aromatic carbocycles. The van der Waals surface area contributed by atoms with Crippen LogP contribution in [0.5, 0.6) is 0 Å². The Morgan fingerprint density at radius 1 is 1.10 bits per heavy atom. The maximum Gasteiger partial charge on any atom is 0.338 e. The lowest BCUT2D eigenvalue weighted by Crippen LogP contribution is -2.30. The predicted molar refractivity (Wildman–Crippen MR) is 112 cm³/mol. The molecule has 2 amide bonds. The Bertz CT molecular complexity index is 944. The first-order chi connectivity index (χ1) is 13.8. The normalized spacial score (nSPS) is 14.6. The summed E-state index contributed by atoms with van der Waals surface area (Å²) in [6, 6.07) is 10.7.